The summed E-state index contributed by atoms with van der Waals surface area (Å²) in [4.78, 5) is 24.4. The van der Waals surface area contributed by atoms with Crippen molar-refractivity contribution in [2.45, 2.75) is 52.6 Å². The number of hydrogen-bond acceptors (Lipinski definition) is 5. The number of nitrogens with one attached hydrogen (secondary N) is 2. The zero-order valence-corrected chi connectivity index (χ0v) is 17.1. The quantitative estimate of drug-likeness (QED) is 0.542. The Bertz CT molecular complexity index is 1060. The summed E-state index contributed by atoms with van der Waals surface area (Å²) >= 11 is 0. The van der Waals surface area contributed by atoms with Crippen LogP contribution < -0.4 is 11.1 Å². The molecule has 7 nitrogen and oxygen atoms in total. The number of aryl methyl sites for hydroxylation is 1. The number of H-pyrrole nitrogens is 1. The molecule has 0 fully saturated rings. The number of nitrogens with zero attached hydrogens (tertiary/aromatic N) is 2. The SMILES string of the molecule is Cc1nc2cccc(-c3cc(C(=O)O)c(C(C)(C)N)[nH]3)c2nc1NC(C)(C)C. The van der Waals surface area contributed by atoms with Crippen molar-refractivity contribution in [1.29, 1.82) is 0 Å². The Hall–Kier alpha value is -2.93. The van der Waals surface area contributed by atoms with Gasteiger partial charge in [-0.1, -0.05) is 12.1 Å². The van der Waals surface area contributed by atoms with Crippen LogP contribution in [-0.4, -0.2) is 31.6 Å². The molecule has 0 aliphatic carbocycles. The van der Waals surface area contributed by atoms with Crippen LogP contribution in [0, 0.1) is 6.92 Å². The summed E-state index contributed by atoms with van der Waals surface area (Å²) in [7, 11) is 0. The molecule has 3 rings (SSSR count). The number of anilines is 1. The summed E-state index contributed by atoms with van der Waals surface area (Å²) in [6.07, 6.45) is 0. The predicted molar refractivity (Wildman–Crippen MR) is 112 cm³/mol. The van der Waals surface area contributed by atoms with E-state index in [1.807, 2.05) is 25.1 Å². The van der Waals surface area contributed by atoms with E-state index in [9.17, 15) is 9.90 Å². The van der Waals surface area contributed by atoms with Gasteiger partial charge in [0.15, 0.2) is 0 Å². The highest BCUT2D eigenvalue weighted by atomic mass is 16.4. The number of carboxylic acids is 1. The van der Waals surface area contributed by atoms with Gasteiger partial charge in [0.25, 0.3) is 0 Å². The largest absolute Gasteiger partial charge is 0.478 e. The van der Waals surface area contributed by atoms with Gasteiger partial charge in [-0.15, -0.1) is 0 Å². The summed E-state index contributed by atoms with van der Waals surface area (Å²) in [5, 5.41) is 13.0. The van der Waals surface area contributed by atoms with Gasteiger partial charge >= 0.3 is 5.97 Å². The van der Waals surface area contributed by atoms with Crippen LogP contribution in [0.1, 0.15) is 56.4 Å². The Morgan fingerprint density at radius 2 is 1.86 bits per heavy atom. The van der Waals surface area contributed by atoms with Gasteiger partial charge in [0.1, 0.15) is 11.3 Å². The second-order valence-electron chi connectivity index (χ2n) is 8.70. The van der Waals surface area contributed by atoms with Crippen LogP contribution in [0.2, 0.25) is 0 Å². The third kappa shape index (κ3) is 3.84. The molecule has 0 aliphatic rings. The number of para-hydroxylation sites is 1. The van der Waals surface area contributed by atoms with Gasteiger partial charge in [-0.05, 0) is 53.7 Å². The average Bonchev–Trinajstić information content (AvgIpc) is 2.99. The Labute approximate surface area is 164 Å². The van der Waals surface area contributed by atoms with Crippen LogP contribution in [0.15, 0.2) is 24.3 Å². The number of carbonyl (C=O) groups is 1. The first-order valence-electron chi connectivity index (χ1n) is 9.18. The minimum absolute atomic E-state index is 0.160. The molecule has 0 radical (unpaired) electrons. The minimum atomic E-state index is -1.02. The maximum atomic E-state index is 11.7. The number of aromatic carboxylic acids is 1. The van der Waals surface area contributed by atoms with Crippen molar-refractivity contribution >= 4 is 22.8 Å². The molecule has 0 amide bonds. The van der Waals surface area contributed by atoms with Gasteiger partial charge < -0.3 is 21.1 Å². The molecule has 0 unspecified atom stereocenters. The molecule has 2 heterocycles. The highest BCUT2D eigenvalue weighted by molar-refractivity contribution is 5.96. The van der Waals surface area contributed by atoms with Crippen molar-refractivity contribution in [2.24, 2.45) is 5.73 Å². The molecular formula is C21H27N5O2. The lowest BCUT2D eigenvalue weighted by Gasteiger charge is -2.22. The van der Waals surface area contributed by atoms with Gasteiger partial charge in [-0.3, -0.25) is 0 Å². The molecule has 2 aromatic heterocycles. The lowest BCUT2D eigenvalue weighted by Crippen LogP contribution is -2.31. The Morgan fingerprint density at radius 3 is 2.39 bits per heavy atom. The van der Waals surface area contributed by atoms with E-state index in [0.717, 1.165) is 16.8 Å². The molecule has 148 valence electrons. The van der Waals surface area contributed by atoms with E-state index >= 15 is 0 Å². The van der Waals surface area contributed by atoms with Crippen LogP contribution in [-0.2, 0) is 5.54 Å². The second-order valence-corrected chi connectivity index (χ2v) is 8.70. The fraction of sp³-hybridized carbons (Fsp3) is 0.381. The number of fused-ring (bicyclic) bond motifs is 1. The molecule has 0 aliphatic heterocycles. The minimum Gasteiger partial charge on any atom is -0.478 e. The summed E-state index contributed by atoms with van der Waals surface area (Å²) in [6.45, 7) is 11.6. The highest BCUT2D eigenvalue weighted by Gasteiger charge is 2.26. The first-order valence-corrected chi connectivity index (χ1v) is 9.18. The summed E-state index contributed by atoms with van der Waals surface area (Å²) < 4.78 is 0. The van der Waals surface area contributed by atoms with Crippen molar-refractivity contribution in [3.8, 4) is 11.3 Å². The number of carboxylic acid groups (broad SMARTS) is 1. The number of aromatic nitrogens is 3. The first-order chi connectivity index (χ1) is 12.9. The lowest BCUT2D eigenvalue weighted by atomic mass is 9.99. The molecule has 3 aromatic rings. The van der Waals surface area contributed by atoms with Gasteiger partial charge in [0.05, 0.1) is 22.3 Å². The fourth-order valence-electron chi connectivity index (χ4n) is 3.13. The van der Waals surface area contributed by atoms with Crippen molar-refractivity contribution in [3.63, 3.8) is 0 Å². The van der Waals surface area contributed by atoms with Gasteiger partial charge in [-0.2, -0.15) is 0 Å². The zero-order chi connectivity index (χ0) is 20.9. The number of aromatic amines is 1. The molecule has 28 heavy (non-hydrogen) atoms. The molecule has 0 saturated carbocycles. The second kappa shape index (κ2) is 6.60. The van der Waals surface area contributed by atoms with E-state index in [1.165, 1.54) is 0 Å². The van der Waals surface area contributed by atoms with Crippen LogP contribution in [0.25, 0.3) is 22.3 Å². The maximum absolute atomic E-state index is 11.7. The van der Waals surface area contributed by atoms with Crippen LogP contribution in [0.3, 0.4) is 0 Å². The predicted octanol–water partition coefficient (Wildman–Crippen LogP) is 4.04. The summed E-state index contributed by atoms with van der Waals surface area (Å²) in [5.41, 5.74) is 9.50. The molecule has 0 bridgehead atoms. The van der Waals surface area contributed by atoms with E-state index in [0.29, 0.717) is 22.7 Å². The monoisotopic (exact) mass is 381 g/mol. The van der Waals surface area contributed by atoms with E-state index in [2.05, 4.69) is 36.1 Å². The van der Waals surface area contributed by atoms with Crippen molar-refractivity contribution in [2.75, 3.05) is 5.32 Å². The lowest BCUT2D eigenvalue weighted by molar-refractivity contribution is 0.0694. The van der Waals surface area contributed by atoms with Crippen LogP contribution >= 0.6 is 0 Å². The van der Waals surface area contributed by atoms with Crippen LogP contribution in [0.4, 0.5) is 5.82 Å². The van der Waals surface area contributed by atoms with E-state index in [-0.39, 0.29) is 11.1 Å². The topological polar surface area (TPSA) is 117 Å². The highest BCUT2D eigenvalue weighted by Crippen LogP contribution is 2.32. The molecule has 0 atom stereocenters. The van der Waals surface area contributed by atoms with Crippen molar-refractivity contribution in [3.05, 3.63) is 41.2 Å². The normalized spacial score (nSPS) is 12.4. The Kier molecular flexibility index (Phi) is 4.67. The molecule has 0 saturated heterocycles. The number of benzene rings is 1. The fourth-order valence-corrected chi connectivity index (χ4v) is 3.13. The van der Waals surface area contributed by atoms with Crippen LogP contribution in [0.5, 0.6) is 0 Å². The maximum Gasteiger partial charge on any atom is 0.337 e. The number of hydrogen-bond donors (Lipinski definition) is 4. The molecule has 0 spiro atoms. The van der Waals surface area contributed by atoms with E-state index < -0.39 is 11.5 Å². The van der Waals surface area contributed by atoms with E-state index in [4.69, 9.17) is 10.7 Å². The Morgan fingerprint density at radius 1 is 1.18 bits per heavy atom. The standard InChI is InChI=1S/C21H27N5O2/c1-11-18(26-20(2,3)4)25-16-12(8-7-9-14(16)23-11)15-10-13(19(27)28)17(24-15)21(5,6)22/h7-10,24H,22H2,1-6H3,(H,25,26)(H,27,28). The molecule has 7 heteroatoms. The van der Waals surface area contributed by atoms with Gasteiger partial charge in [0.2, 0.25) is 0 Å². The van der Waals surface area contributed by atoms with Crippen molar-refractivity contribution < 1.29 is 9.90 Å². The smallest absolute Gasteiger partial charge is 0.337 e. The third-order valence-electron chi connectivity index (χ3n) is 4.35. The molecule has 1 aromatic carbocycles. The summed E-state index contributed by atoms with van der Waals surface area (Å²) in [6, 6.07) is 7.29. The first kappa shape index (κ1) is 19.8. The Balaban J connectivity index is 2.24. The summed E-state index contributed by atoms with van der Waals surface area (Å²) in [5.74, 6) is -0.315. The van der Waals surface area contributed by atoms with Gasteiger partial charge in [0, 0.05) is 22.5 Å². The van der Waals surface area contributed by atoms with Crippen molar-refractivity contribution in [1.82, 2.24) is 15.0 Å². The number of nitrogens with two attached hydrogens (primary N) is 1. The van der Waals surface area contributed by atoms with E-state index in [1.54, 1.807) is 19.9 Å². The van der Waals surface area contributed by atoms with Gasteiger partial charge in [-0.25, -0.2) is 14.8 Å². The average molecular weight is 381 g/mol. The molecular weight excluding hydrogens is 354 g/mol. The molecule has 5 N–H and O–H groups in total. The number of rotatable bonds is 4. The third-order valence-corrected chi connectivity index (χ3v) is 4.35. The zero-order valence-electron chi connectivity index (χ0n) is 17.1.